The van der Waals surface area contributed by atoms with Gasteiger partial charge in [0.15, 0.2) is 17.2 Å². The van der Waals surface area contributed by atoms with E-state index in [1.807, 2.05) is 30.7 Å². The zero-order chi connectivity index (χ0) is 22.4. The van der Waals surface area contributed by atoms with E-state index in [0.717, 1.165) is 31.2 Å². The number of benzene rings is 1. The molecule has 1 heterocycles. The number of ether oxygens (including phenoxy) is 3. The van der Waals surface area contributed by atoms with E-state index in [1.165, 1.54) is 0 Å². The first-order valence-electron chi connectivity index (χ1n) is 10.7. The Balaban J connectivity index is 1.54. The van der Waals surface area contributed by atoms with Gasteiger partial charge in [-0.3, -0.25) is 4.79 Å². The van der Waals surface area contributed by atoms with Gasteiger partial charge >= 0.3 is 0 Å². The maximum absolute atomic E-state index is 12.1. The SMILES string of the molecule is COc1ccc(CNC2CCC(n3cc(C(=O)NC(C)C)nn3)CC2)c(OC)c1OC. The van der Waals surface area contributed by atoms with Crippen LogP contribution >= 0.6 is 0 Å². The van der Waals surface area contributed by atoms with Crippen LogP contribution in [0.1, 0.15) is 61.6 Å². The van der Waals surface area contributed by atoms with Crippen LogP contribution < -0.4 is 24.8 Å². The Kier molecular flexibility index (Phi) is 7.73. The van der Waals surface area contributed by atoms with Gasteiger partial charge < -0.3 is 24.8 Å². The number of carbonyl (C=O) groups excluding carboxylic acids is 1. The quantitative estimate of drug-likeness (QED) is 0.630. The highest BCUT2D eigenvalue weighted by molar-refractivity contribution is 5.91. The lowest BCUT2D eigenvalue weighted by molar-refractivity contribution is 0.0938. The van der Waals surface area contributed by atoms with Crippen molar-refractivity contribution in [1.82, 2.24) is 25.6 Å². The lowest BCUT2D eigenvalue weighted by Gasteiger charge is -2.29. The summed E-state index contributed by atoms with van der Waals surface area (Å²) in [7, 11) is 4.86. The standard InChI is InChI=1S/C22H33N5O4/c1-14(2)24-22(28)18-13-27(26-25-18)17-9-7-16(8-10-17)23-12-15-6-11-19(29-3)21(31-5)20(15)30-4/h6,11,13-14,16-17,23H,7-10,12H2,1-5H3,(H,24,28). The van der Waals surface area contributed by atoms with Crippen LogP contribution in [-0.2, 0) is 6.54 Å². The predicted octanol–water partition coefficient (Wildman–Crippen LogP) is 2.72. The van der Waals surface area contributed by atoms with Gasteiger partial charge in [-0.25, -0.2) is 4.68 Å². The van der Waals surface area contributed by atoms with Crippen molar-refractivity contribution >= 4 is 5.91 Å². The molecule has 0 radical (unpaired) electrons. The number of rotatable bonds is 9. The maximum atomic E-state index is 12.1. The molecule has 0 unspecified atom stereocenters. The highest BCUT2D eigenvalue weighted by atomic mass is 16.5. The van der Waals surface area contributed by atoms with Crippen molar-refractivity contribution in [3.63, 3.8) is 0 Å². The summed E-state index contributed by atoms with van der Waals surface area (Å²) in [6.07, 6.45) is 5.76. The maximum Gasteiger partial charge on any atom is 0.273 e. The smallest absolute Gasteiger partial charge is 0.273 e. The van der Waals surface area contributed by atoms with E-state index in [0.29, 0.717) is 35.5 Å². The Morgan fingerprint density at radius 2 is 1.81 bits per heavy atom. The lowest BCUT2D eigenvalue weighted by atomic mass is 9.91. The topological polar surface area (TPSA) is 99.5 Å². The summed E-state index contributed by atoms with van der Waals surface area (Å²) < 4.78 is 18.2. The molecule has 2 aromatic rings. The summed E-state index contributed by atoms with van der Waals surface area (Å²) >= 11 is 0. The number of aromatic nitrogens is 3. The minimum absolute atomic E-state index is 0.0726. The van der Waals surface area contributed by atoms with Crippen LogP contribution in [0.4, 0.5) is 0 Å². The fourth-order valence-electron chi connectivity index (χ4n) is 4.00. The van der Waals surface area contributed by atoms with Crippen molar-refractivity contribution in [3.05, 3.63) is 29.6 Å². The molecule has 9 nitrogen and oxygen atoms in total. The van der Waals surface area contributed by atoms with E-state index in [2.05, 4.69) is 20.9 Å². The fourth-order valence-corrected chi connectivity index (χ4v) is 4.00. The summed E-state index contributed by atoms with van der Waals surface area (Å²) in [5, 5.41) is 14.7. The zero-order valence-electron chi connectivity index (χ0n) is 19.0. The van der Waals surface area contributed by atoms with Gasteiger partial charge in [-0.15, -0.1) is 5.10 Å². The third-order valence-corrected chi connectivity index (χ3v) is 5.60. The molecule has 0 atom stereocenters. The second-order valence-corrected chi connectivity index (χ2v) is 8.09. The molecule has 1 aliphatic rings. The Morgan fingerprint density at radius 1 is 1.10 bits per heavy atom. The zero-order valence-corrected chi connectivity index (χ0v) is 19.0. The number of hydrogen-bond donors (Lipinski definition) is 2. The first-order valence-corrected chi connectivity index (χ1v) is 10.7. The van der Waals surface area contributed by atoms with Crippen molar-refractivity contribution in [2.24, 2.45) is 0 Å². The van der Waals surface area contributed by atoms with Gasteiger partial charge in [-0.1, -0.05) is 11.3 Å². The van der Waals surface area contributed by atoms with Crippen LogP contribution in [0.25, 0.3) is 0 Å². The molecule has 1 amide bonds. The summed E-state index contributed by atoms with van der Waals surface area (Å²) in [6.45, 7) is 4.53. The molecule has 0 spiro atoms. The Bertz CT molecular complexity index is 875. The van der Waals surface area contributed by atoms with Crippen molar-refractivity contribution in [1.29, 1.82) is 0 Å². The van der Waals surface area contributed by atoms with E-state index in [4.69, 9.17) is 14.2 Å². The van der Waals surface area contributed by atoms with Crippen LogP contribution in [0.3, 0.4) is 0 Å². The van der Waals surface area contributed by atoms with Crippen molar-refractivity contribution in [2.75, 3.05) is 21.3 Å². The van der Waals surface area contributed by atoms with Crippen LogP contribution in [0.2, 0.25) is 0 Å². The Morgan fingerprint density at radius 3 is 2.42 bits per heavy atom. The number of nitrogens with zero attached hydrogens (tertiary/aromatic N) is 3. The highest BCUT2D eigenvalue weighted by Crippen LogP contribution is 2.40. The molecule has 1 aliphatic carbocycles. The molecule has 170 valence electrons. The van der Waals surface area contributed by atoms with Crippen LogP contribution in [0, 0.1) is 0 Å². The molecule has 3 rings (SSSR count). The summed E-state index contributed by atoms with van der Waals surface area (Å²) in [4.78, 5) is 12.1. The van der Waals surface area contributed by atoms with Gasteiger partial charge in [-0.2, -0.15) is 0 Å². The van der Waals surface area contributed by atoms with Crippen molar-refractivity contribution in [2.45, 2.75) is 64.2 Å². The summed E-state index contributed by atoms with van der Waals surface area (Å²) in [5.74, 6) is 1.77. The number of carbonyl (C=O) groups is 1. The first-order chi connectivity index (χ1) is 15.0. The van der Waals surface area contributed by atoms with Gasteiger partial charge in [0.2, 0.25) is 5.75 Å². The Labute approximate surface area is 183 Å². The second-order valence-electron chi connectivity index (χ2n) is 8.09. The molecular formula is C22H33N5O4. The third kappa shape index (κ3) is 5.46. The van der Waals surface area contributed by atoms with Crippen molar-refractivity contribution in [3.8, 4) is 17.2 Å². The minimum Gasteiger partial charge on any atom is -0.493 e. The van der Waals surface area contributed by atoms with E-state index < -0.39 is 0 Å². The number of nitrogens with one attached hydrogen (secondary N) is 2. The molecule has 1 aromatic heterocycles. The third-order valence-electron chi connectivity index (χ3n) is 5.60. The largest absolute Gasteiger partial charge is 0.493 e. The normalized spacial score (nSPS) is 18.6. The van der Waals surface area contributed by atoms with E-state index in [9.17, 15) is 4.79 Å². The Hall–Kier alpha value is -2.81. The van der Waals surface area contributed by atoms with Crippen LogP contribution in [0.15, 0.2) is 18.3 Å². The number of amides is 1. The van der Waals surface area contributed by atoms with Gasteiger partial charge in [0.1, 0.15) is 0 Å². The minimum atomic E-state index is -0.180. The molecule has 31 heavy (non-hydrogen) atoms. The van der Waals surface area contributed by atoms with E-state index in [1.54, 1.807) is 27.5 Å². The average molecular weight is 432 g/mol. The van der Waals surface area contributed by atoms with E-state index >= 15 is 0 Å². The number of methoxy groups -OCH3 is 3. The predicted molar refractivity (Wildman–Crippen MR) is 117 cm³/mol. The average Bonchev–Trinajstić information content (AvgIpc) is 3.27. The highest BCUT2D eigenvalue weighted by Gasteiger charge is 2.25. The van der Waals surface area contributed by atoms with Gasteiger partial charge in [0.25, 0.3) is 5.91 Å². The van der Waals surface area contributed by atoms with Crippen molar-refractivity contribution < 1.29 is 19.0 Å². The molecular weight excluding hydrogens is 398 g/mol. The van der Waals surface area contributed by atoms with E-state index in [-0.39, 0.29) is 18.0 Å². The monoisotopic (exact) mass is 431 g/mol. The summed E-state index contributed by atoms with van der Waals surface area (Å²) in [6, 6.07) is 4.64. The van der Waals surface area contributed by atoms with Gasteiger partial charge in [0.05, 0.1) is 33.6 Å². The lowest BCUT2D eigenvalue weighted by Crippen LogP contribution is -2.33. The molecule has 0 bridgehead atoms. The van der Waals surface area contributed by atoms with Crippen LogP contribution in [-0.4, -0.2) is 54.3 Å². The second kappa shape index (κ2) is 10.5. The van der Waals surface area contributed by atoms with Crippen LogP contribution in [0.5, 0.6) is 17.2 Å². The molecule has 1 aromatic carbocycles. The number of hydrogen-bond acceptors (Lipinski definition) is 7. The van der Waals surface area contributed by atoms with Gasteiger partial charge in [0, 0.05) is 24.2 Å². The molecule has 9 heteroatoms. The fraction of sp³-hybridized carbons (Fsp3) is 0.591. The summed E-state index contributed by atoms with van der Waals surface area (Å²) in [5.41, 5.74) is 1.40. The first kappa shape index (κ1) is 22.9. The molecule has 0 saturated heterocycles. The molecule has 1 saturated carbocycles. The van der Waals surface area contributed by atoms with Gasteiger partial charge in [-0.05, 0) is 45.6 Å². The molecule has 2 N–H and O–H groups in total. The molecule has 0 aliphatic heterocycles. The molecule has 1 fully saturated rings.